The molecule has 2 N–H and O–H groups in total. The molecule has 1 heterocycles. The Hall–Kier alpha value is -3.19. The quantitative estimate of drug-likeness (QED) is 0.705. The zero-order valence-electron chi connectivity index (χ0n) is 14.6. The second kappa shape index (κ2) is 7.59. The van der Waals surface area contributed by atoms with Crippen LogP contribution in [0.3, 0.4) is 0 Å². The average Bonchev–Trinajstić information content (AvgIpc) is 2.62. The van der Waals surface area contributed by atoms with Crippen molar-refractivity contribution < 1.29 is 9.18 Å². The number of benzene rings is 2. The lowest BCUT2D eigenvalue weighted by molar-refractivity contribution is 0.262. The van der Waals surface area contributed by atoms with E-state index >= 15 is 0 Å². The van der Waals surface area contributed by atoms with Crippen LogP contribution in [0.2, 0.25) is 5.02 Å². The van der Waals surface area contributed by atoms with Crippen LogP contribution in [0.4, 0.5) is 20.7 Å². The van der Waals surface area contributed by atoms with Gasteiger partial charge in [-0.1, -0.05) is 17.7 Å². The summed E-state index contributed by atoms with van der Waals surface area (Å²) in [5.74, 6) is -0.731. The molecule has 0 atom stereocenters. The molecule has 0 aliphatic carbocycles. The summed E-state index contributed by atoms with van der Waals surface area (Å²) in [6.07, 6.45) is 2.94. The van der Waals surface area contributed by atoms with Crippen LogP contribution in [-0.2, 0) is 0 Å². The van der Waals surface area contributed by atoms with Crippen LogP contribution in [-0.4, -0.2) is 15.6 Å². The number of rotatable bonds is 3. The van der Waals surface area contributed by atoms with Gasteiger partial charge >= 0.3 is 6.03 Å². The minimum absolute atomic E-state index is 0.122. The van der Waals surface area contributed by atoms with Gasteiger partial charge in [0, 0.05) is 23.8 Å². The highest BCUT2D eigenvalue weighted by Gasteiger charge is 2.11. The molecule has 0 unspecified atom stereocenters. The predicted molar refractivity (Wildman–Crippen MR) is 103 cm³/mol. The highest BCUT2D eigenvalue weighted by atomic mass is 35.5. The minimum atomic E-state index is -0.694. The molecule has 0 saturated heterocycles. The van der Waals surface area contributed by atoms with Crippen molar-refractivity contribution in [1.29, 1.82) is 0 Å². The molecule has 8 heteroatoms. The van der Waals surface area contributed by atoms with Crippen LogP contribution >= 0.6 is 11.6 Å². The Kier molecular flexibility index (Phi) is 5.23. The first-order valence-corrected chi connectivity index (χ1v) is 8.41. The SMILES string of the molecule is Cc1ccc(-n2ccnc(NC(=O)Nc3ccc(F)c(Cl)c3)c2=O)cc1C. The average molecular weight is 387 g/mol. The smallest absolute Gasteiger partial charge is 0.308 e. The van der Waals surface area contributed by atoms with Crippen molar-refractivity contribution in [2.45, 2.75) is 13.8 Å². The summed E-state index contributed by atoms with van der Waals surface area (Å²) in [6, 6.07) is 8.66. The number of hydrogen-bond donors (Lipinski definition) is 2. The molecule has 0 radical (unpaired) electrons. The molecular weight excluding hydrogens is 371 g/mol. The van der Waals surface area contributed by atoms with Crippen molar-refractivity contribution >= 4 is 29.1 Å². The van der Waals surface area contributed by atoms with E-state index in [0.717, 1.165) is 17.2 Å². The van der Waals surface area contributed by atoms with E-state index in [0.29, 0.717) is 5.69 Å². The Morgan fingerprint density at radius 3 is 2.59 bits per heavy atom. The molecule has 2 amide bonds. The van der Waals surface area contributed by atoms with Crippen LogP contribution < -0.4 is 16.2 Å². The molecular formula is C19H16ClFN4O2. The van der Waals surface area contributed by atoms with Gasteiger partial charge in [-0.05, 0) is 55.3 Å². The number of amides is 2. The Balaban J connectivity index is 1.83. The third-order valence-corrected chi connectivity index (χ3v) is 4.31. The summed E-state index contributed by atoms with van der Waals surface area (Å²) in [4.78, 5) is 28.7. The van der Waals surface area contributed by atoms with E-state index < -0.39 is 17.4 Å². The second-order valence-corrected chi connectivity index (χ2v) is 6.33. The van der Waals surface area contributed by atoms with E-state index in [9.17, 15) is 14.0 Å². The minimum Gasteiger partial charge on any atom is -0.308 e. The molecule has 0 fully saturated rings. The van der Waals surface area contributed by atoms with E-state index in [2.05, 4.69) is 15.6 Å². The molecule has 0 aliphatic rings. The van der Waals surface area contributed by atoms with Gasteiger partial charge in [0.25, 0.3) is 5.56 Å². The molecule has 1 aromatic heterocycles. The molecule has 3 rings (SSSR count). The van der Waals surface area contributed by atoms with Crippen molar-refractivity contribution in [3.05, 3.63) is 81.1 Å². The summed E-state index contributed by atoms with van der Waals surface area (Å²) in [5, 5.41) is 4.75. The van der Waals surface area contributed by atoms with Crippen LogP contribution in [0.5, 0.6) is 0 Å². The van der Waals surface area contributed by atoms with Crippen LogP contribution in [0.15, 0.2) is 53.6 Å². The number of hydrogen-bond acceptors (Lipinski definition) is 3. The van der Waals surface area contributed by atoms with Crippen molar-refractivity contribution in [1.82, 2.24) is 9.55 Å². The fourth-order valence-corrected chi connectivity index (χ4v) is 2.60. The number of aryl methyl sites for hydroxylation is 2. The molecule has 3 aromatic rings. The van der Waals surface area contributed by atoms with Crippen LogP contribution in [0, 0.1) is 19.7 Å². The number of halogens is 2. The van der Waals surface area contributed by atoms with Gasteiger partial charge in [0.15, 0.2) is 0 Å². The van der Waals surface area contributed by atoms with E-state index in [1.54, 1.807) is 0 Å². The van der Waals surface area contributed by atoms with Crippen molar-refractivity contribution in [3.8, 4) is 5.69 Å². The summed E-state index contributed by atoms with van der Waals surface area (Å²) in [7, 11) is 0. The lowest BCUT2D eigenvalue weighted by Gasteiger charge is -2.11. The highest BCUT2D eigenvalue weighted by Crippen LogP contribution is 2.19. The molecule has 2 aromatic carbocycles. The number of carbonyl (C=O) groups excluding carboxylic acids is 1. The molecule has 0 saturated carbocycles. The van der Waals surface area contributed by atoms with Gasteiger partial charge in [0.05, 0.1) is 5.02 Å². The van der Waals surface area contributed by atoms with Gasteiger partial charge in [-0.15, -0.1) is 0 Å². The molecule has 27 heavy (non-hydrogen) atoms. The van der Waals surface area contributed by atoms with E-state index in [4.69, 9.17) is 11.6 Å². The Bertz CT molecular complexity index is 1080. The van der Waals surface area contributed by atoms with Gasteiger partial charge in [0.2, 0.25) is 5.82 Å². The molecule has 0 spiro atoms. The maximum Gasteiger partial charge on any atom is 0.325 e. The maximum atomic E-state index is 13.2. The Morgan fingerprint density at radius 1 is 1.11 bits per heavy atom. The highest BCUT2D eigenvalue weighted by molar-refractivity contribution is 6.31. The molecule has 0 bridgehead atoms. The van der Waals surface area contributed by atoms with E-state index in [1.807, 2.05) is 32.0 Å². The van der Waals surface area contributed by atoms with Crippen LogP contribution in [0.1, 0.15) is 11.1 Å². The Morgan fingerprint density at radius 2 is 1.89 bits per heavy atom. The summed E-state index contributed by atoms with van der Waals surface area (Å²) < 4.78 is 14.6. The molecule has 0 aliphatic heterocycles. The molecule has 6 nitrogen and oxygen atoms in total. The first kappa shape index (κ1) is 18.6. The summed E-state index contributed by atoms with van der Waals surface area (Å²) in [5.41, 5.74) is 2.62. The van der Waals surface area contributed by atoms with E-state index in [-0.39, 0.29) is 16.5 Å². The molecule has 138 valence electrons. The summed E-state index contributed by atoms with van der Waals surface area (Å²) >= 11 is 5.68. The second-order valence-electron chi connectivity index (χ2n) is 5.93. The zero-order valence-corrected chi connectivity index (χ0v) is 15.3. The monoisotopic (exact) mass is 386 g/mol. The number of aromatic nitrogens is 2. The fourth-order valence-electron chi connectivity index (χ4n) is 2.42. The van der Waals surface area contributed by atoms with E-state index in [1.165, 1.54) is 29.1 Å². The van der Waals surface area contributed by atoms with Gasteiger partial charge in [0.1, 0.15) is 5.82 Å². The topological polar surface area (TPSA) is 76.0 Å². The third-order valence-electron chi connectivity index (χ3n) is 4.02. The zero-order chi connectivity index (χ0) is 19.6. The lowest BCUT2D eigenvalue weighted by Crippen LogP contribution is -2.28. The number of carbonyl (C=O) groups is 1. The van der Waals surface area contributed by atoms with Crippen molar-refractivity contribution in [2.75, 3.05) is 10.6 Å². The lowest BCUT2D eigenvalue weighted by atomic mass is 10.1. The normalized spacial score (nSPS) is 10.5. The van der Waals surface area contributed by atoms with Crippen LogP contribution in [0.25, 0.3) is 5.69 Å². The standard InChI is InChI=1S/C19H16ClFN4O2/c1-11-3-5-14(9-12(11)2)25-8-7-22-17(18(25)26)24-19(27)23-13-4-6-16(21)15(20)10-13/h3-10H,1-2H3,(H2,22,23,24,27). The fraction of sp³-hybridized carbons (Fsp3) is 0.105. The van der Waals surface area contributed by atoms with Gasteiger partial charge in [-0.2, -0.15) is 0 Å². The number of nitrogens with one attached hydrogen (secondary N) is 2. The van der Waals surface area contributed by atoms with Crippen molar-refractivity contribution in [3.63, 3.8) is 0 Å². The van der Waals surface area contributed by atoms with Gasteiger partial charge < -0.3 is 5.32 Å². The number of anilines is 2. The summed E-state index contributed by atoms with van der Waals surface area (Å²) in [6.45, 7) is 3.93. The first-order valence-electron chi connectivity index (χ1n) is 8.03. The van der Waals surface area contributed by atoms with Gasteiger partial charge in [-0.3, -0.25) is 14.7 Å². The Labute approximate surface area is 159 Å². The predicted octanol–water partition coefficient (Wildman–Crippen LogP) is 4.29. The van der Waals surface area contributed by atoms with Gasteiger partial charge in [-0.25, -0.2) is 14.2 Å². The number of urea groups is 1. The maximum absolute atomic E-state index is 13.2. The first-order chi connectivity index (χ1) is 12.8. The number of nitrogens with zero attached hydrogens (tertiary/aromatic N) is 2. The third kappa shape index (κ3) is 4.15. The van der Waals surface area contributed by atoms with Crippen molar-refractivity contribution in [2.24, 2.45) is 0 Å². The largest absolute Gasteiger partial charge is 0.325 e.